The molecule has 2 rings (SSSR count). The summed E-state index contributed by atoms with van der Waals surface area (Å²) >= 11 is 0. The first-order valence-corrected chi connectivity index (χ1v) is 7.47. The van der Waals surface area contributed by atoms with Gasteiger partial charge < -0.3 is 19.7 Å². The van der Waals surface area contributed by atoms with E-state index in [2.05, 4.69) is 0 Å². The number of carbonyl (C=O) groups is 1. The third-order valence-corrected chi connectivity index (χ3v) is 3.44. The fourth-order valence-corrected chi connectivity index (χ4v) is 2.19. The van der Waals surface area contributed by atoms with E-state index in [0.717, 1.165) is 25.3 Å². The number of rotatable bonds is 8. The van der Waals surface area contributed by atoms with Gasteiger partial charge >= 0.3 is 0 Å². The zero-order valence-corrected chi connectivity index (χ0v) is 12.6. The standard InChI is InChI=1S/C18H19FO4/c19-17-12-14(18(21)22)6-9-16(17)13-4-7-15(8-5-13)23-11-3-1-2-10-20/h4-9,12,20H,1-3,10-11H2,(H,21,22)/p-1. The molecule has 0 fully saturated rings. The first-order valence-electron chi connectivity index (χ1n) is 7.47. The first kappa shape index (κ1) is 17.0. The average molecular weight is 317 g/mol. The monoisotopic (exact) mass is 317 g/mol. The van der Waals surface area contributed by atoms with Gasteiger partial charge in [0.15, 0.2) is 0 Å². The van der Waals surface area contributed by atoms with E-state index in [1.165, 1.54) is 12.1 Å². The van der Waals surface area contributed by atoms with Crippen molar-refractivity contribution in [2.45, 2.75) is 19.3 Å². The van der Waals surface area contributed by atoms with Crippen LogP contribution in [0.3, 0.4) is 0 Å². The van der Waals surface area contributed by atoms with E-state index in [4.69, 9.17) is 9.84 Å². The van der Waals surface area contributed by atoms with E-state index < -0.39 is 11.8 Å². The second-order valence-corrected chi connectivity index (χ2v) is 5.14. The summed E-state index contributed by atoms with van der Waals surface area (Å²) < 4.78 is 19.5. The van der Waals surface area contributed by atoms with Crippen LogP contribution in [0.4, 0.5) is 4.39 Å². The number of carboxylic acid groups (broad SMARTS) is 1. The van der Waals surface area contributed by atoms with Crippen LogP contribution in [0.25, 0.3) is 11.1 Å². The summed E-state index contributed by atoms with van der Waals surface area (Å²) in [4.78, 5) is 10.7. The van der Waals surface area contributed by atoms with E-state index in [1.54, 1.807) is 24.3 Å². The Bertz CT molecular complexity index is 653. The maximum atomic E-state index is 14.0. The van der Waals surface area contributed by atoms with Gasteiger partial charge in [0.05, 0.1) is 12.6 Å². The maximum absolute atomic E-state index is 14.0. The highest BCUT2D eigenvalue weighted by Crippen LogP contribution is 2.25. The maximum Gasteiger partial charge on any atom is 0.131 e. The van der Waals surface area contributed by atoms with Crippen molar-refractivity contribution in [3.63, 3.8) is 0 Å². The van der Waals surface area contributed by atoms with Crippen molar-refractivity contribution < 1.29 is 24.1 Å². The summed E-state index contributed by atoms with van der Waals surface area (Å²) in [6.45, 7) is 0.755. The van der Waals surface area contributed by atoms with Crippen LogP contribution < -0.4 is 9.84 Å². The Hall–Kier alpha value is -2.40. The number of hydrogen-bond acceptors (Lipinski definition) is 4. The fourth-order valence-electron chi connectivity index (χ4n) is 2.19. The molecule has 0 aliphatic rings. The molecule has 0 radical (unpaired) electrons. The number of carbonyl (C=O) groups excluding carboxylic acids is 1. The molecular weight excluding hydrogens is 299 g/mol. The van der Waals surface area contributed by atoms with Gasteiger partial charge in [0.2, 0.25) is 0 Å². The van der Waals surface area contributed by atoms with Gasteiger partial charge in [-0.05, 0) is 43.0 Å². The first-order chi connectivity index (χ1) is 11.1. The van der Waals surface area contributed by atoms with Crippen LogP contribution in [-0.2, 0) is 0 Å². The molecule has 0 atom stereocenters. The van der Waals surface area contributed by atoms with Crippen LogP contribution in [0.5, 0.6) is 5.75 Å². The van der Waals surface area contributed by atoms with Gasteiger partial charge in [0, 0.05) is 17.7 Å². The number of hydrogen-bond donors (Lipinski definition) is 1. The summed E-state index contributed by atoms with van der Waals surface area (Å²) in [7, 11) is 0. The lowest BCUT2D eigenvalue weighted by Crippen LogP contribution is -2.22. The van der Waals surface area contributed by atoms with Crippen LogP contribution in [0, 0.1) is 5.82 Å². The second-order valence-electron chi connectivity index (χ2n) is 5.14. The molecular formula is C18H18FO4-. The van der Waals surface area contributed by atoms with Crippen molar-refractivity contribution in [3.8, 4) is 16.9 Å². The van der Waals surface area contributed by atoms with Gasteiger partial charge in [-0.25, -0.2) is 4.39 Å². The van der Waals surface area contributed by atoms with Crippen LogP contribution in [0.1, 0.15) is 29.6 Å². The Kier molecular flexibility index (Phi) is 6.11. The highest BCUT2D eigenvalue weighted by atomic mass is 19.1. The number of aliphatic hydroxyl groups excluding tert-OH is 1. The van der Waals surface area contributed by atoms with E-state index in [1.807, 2.05) is 0 Å². The molecule has 0 bridgehead atoms. The Morgan fingerprint density at radius 1 is 1.09 bits per heavy atom. The topological polar surface area (TPSA) is 69.6 Å². The van der Waals surface area contributed by atoms with Crippen molar-refractivity contribution in [2.75, 3.05) is 13.2 Å². The second kappa shape index (κ2) is 8.29. The summed E-state index contributed by atoms with van der Waals surface area (Å²) in [5.74, 6) is -1.32. The predicted molar refractivity (Wildman–Crippen MR) is 82.6 cm³/mol. The molecule has 2 aromatic carbocycles. The van der Waals surface area contributed by atoms with Gasteiger partial charge in [-0.2, -0.15) is 0 Å². The van der Waals surface area contributed by atoms with Gasteiger partial charge in [0.25, 0.3) is 0 Å². The Labute approximate surface area is 134 Å². The third-order valence-electron chi connectivity index (χ3n) is 3.44. The number of aromatic carboxylic acids is 1. The fraction of sp³-hybridized carbons (Fsp3) is 0.278. The van der Waals surface area contributed by atoms with Gasteiger partial charge in [-0.3, -0.25) is 0 Å². The SMILES string of the molecule is O=C([O-])c1ccc(-c2ccc(OCCCCCO)cc2)c(F)c1. The number of halogens is 1. The summed E-state index contributed by atoms with van der Waals surface area (Å²) in [6, 6.07) is 10.6. The number of carboxylic acids is 1. The smallest absolute Gasteiger partial charge is 0.131 e. The average Bonchev–Trinajstić information content (AvgIpc) is 2.55. The molecule has 0 saturated heterocycles. The van der Waals surface area contributed by atoms with Crippen molar-refractivity contribution in [1.29, 1.82) is 0 Å². The quantitative estimate of drug-likeness (QED) is 0.759. The van der Waals surface area contributed by atoms with E-state index in [0.29, 0.717) is 23.5 Å². The highest BCUT2D eigenvalue weighted by Gasteiger charge is 2.07. The molecule has 0 aromatic heterocycles. The minimum Gasteiger partial charge on any atom is -0.545 e. The molecule has 122 valence electrons. The minimum atomic E-state index is -1.40. The highest BCUT2D eigenvalue weighted by molar-refractivity contribution is 5.86. The van der Waals surface area contributed by atoms with Gasteiger partial charge in [-0.15, -0.1) is 0 Å². The molecule has 0 heterocycles. The summed E-state index contributed by atoms with van der Waals surface area (Å²) in [6.07, 6.45) is 2.54. The number of benzene rings is 2. The van der Waals surface area contributed by atoms with Gasteiger partial charge in [0.1, 0.15) is 11.6 Å². The van der Waals surface area contributed by atoms with Gasteiger partial charge in [-0.1, -0.05) is 24.3 Å². The van der Waals surface area contributed by atoms with Crippen LogP contribution in [-0.4, -0.2) is 24.3 Å². The lowest BCUT2D eigenvalue weighted by atomic mass is 10.0. The predicted octanol–water partition coefficient (Wildman–Crippen LogP) is 2.40. The van der Waals surface area contributed by atoms with Crippen LogP contribution in [0.15, 0.2) is 42.5 Å². The zero-order valence-electron chi connectivity index (χ0n) is 12.6. The molecule has 23 heavy (non-hydrogen) atoms. The Balaban J connectivity index is 2.00. The molecule has 0 amide bonds. The Morgan fingerprint density at radius 3 is 2.43 bits per heavy atom. The summed E-state index contributed by atoms with van der Waals surface area (Å²) in [5.41, 5.74) is 0.776. The largest absolute Gasteiger partial charge is 0.545 e. The molecule has 0 spiro atoms. The molecule has 5 heteroatoms. The van der Waals surface area contributed by atoms with Crippen LogP contribution in [0.2, 0.25) is 0 Å². The number of ether oxygens (including phenoxy) is 1. The van der Waals surface area contributed by atoms with Crippen molar-refractivity contribution in [1.82, 2.24) is 0 Å². The molecule has 0 unspecified atom stereocenters. The van der Waals surface area contributed by atoms with Crippen LogP contribution >= 0.6 is 0 Å². The molecule has 4 nitrogen and oxygen atoms in total. The molecule has 1 N–H and O–H groups in total. The minimum absolute atomic E-state index is 0.186. The normalized spacial score (nSPS) is 10.5. The lowest BCUT2D eigenvalue weighted by Gasteiger charge is -2.09. The lowest BCUT2D eigenvalue weighted by molar-refractivity contribution is -0.255. The van der Waals surface area contributed by atoms with E-state index >= 15 is 0 Å². The number of aliphatic hydroxyl groups is 1. The molecule has 2 aromatic rings. The van der Waals surface area contributed by atoms with Crippen molar-refractivity contribution >= 4 is 5.97 Å². The molecule has 0 aliphatic heterocycles. The van der Waals surface area contributed by atoms with Crippen molar-refractivity contribution in [3.05, 3.63) is 53.8 Å². The van der Waals surface area contributed by atoms with E-state index in [9.17, 15) is 14.3 Å². The number of unbranched alkanes of at least 4 members (excludes halogenated alkanes) is 2. The third kappa shape index (κ3) is 4.79. The summed E-state index contributed by atoms with van der Waals surface area (Å²) in [5, 5.41) is 19.4. The zero-order chi connectivity index (χ0) is 16.7. The molecule has 0 aliphatic carbocycles. The van der Waals surface area contributed by atoms with E-state index in [-0.39, 0.29) is 12.2 Å². The Morgan fingerprint density at radius 2 is 1.83 bits per heavy atom. The molecule has 0 saturated carbocycles. The van der Waals surface area contributed by atoms with Crippen molar-refractivity contribution in [2.24, 2.45) is 0 Å².